The van der Waals surface area contributed by atoms with E-state index >= 15 is 0 Å². The van der Waals surface area contributed by atoms with Crippen molar-refractivity contribution < 1.29 is 43.1 Å². The molecule has 0 saturated carbocycles. The summed E-state index contributed by atoms with van der Waals surface area (Å²) in [6.45, 7) is -0.755. The number of aliphatic hydroxyl groups excluding tert-OH is 4. The molecule has 5 atom stereocenters. The summed E-state index contributed by atoms with van der Waals surface area (Å²) in [6.07, 6.45) is -12.2. The molecule has 1 aliphatic rings. The van der Waals surface area contributed by atoms with E-state index in [9.17, 15) is 33.3 Å². The van der Waals surface area contributed by atoms with Crippen LogP contribution in [0.1, 0.15) is 0 Å². The van der Waals surface area contributed by atoms with E-state index in [0.29, 0.717) is 0 Å². The SMILES string of the molecule is O=C(NC1C(O)OC(CO)[C@@H](O)[C@@H]1O)C(F)(F)F. The maximum Gasteiger partial charge on any atom is 0.471 e. The van der Waals surface area contributed by atoms with Gasteiger partial charge in [0, 0.05) is 0 Å². The van der Waals surface area contributed by atoms with Crippen LogP contribution in [-0.4, -0.2) is 69.8 Å². The summed E-state index contributed by atoms with van der Waals surface area (Å²) in [6, 6.07) is -1.85. The van der Waals surface area contributed by atoms with Gasteiger partial charge in [0.05, 0.1) is 6.61 Å². The van der Waals surface area contributed by atoms with Crippen LogP contribution in [0.2, 0.25) is 0 Å². The van der Waals surface area contributed by atoms with Crippen molar-refractivity contribution in [3.63, 3.8) is 0 Å². The molecule has 5 N–H and O–H groups in total. The van der Waals surface area contributed by atoms with Gasteiger partial charge in [0.2, 0.25) is 0 Å². The van der Waals surface area contributed by atoms with E-state index in [-0.39, 0.29) is 0 Å². The van der Waals surface area contributed by atoms with Crippen molar-refractivity contribution in [2.24, 2.45) is 0 Å². The number of amides is 1. The molecule has 10 heteroatoms. The van der Waals surface area contributed by atoms with Gasteiger partial charge in [-0.1, -0.05) is 0 Å². The topological polar surface area (TPSA) is 119 Å². The molecular formula is C8H12F3NO6. The monoisotopic (exact) mass is 275 g/mol. The largest absolute Gasteiger partial charge is 0.471 e. The molecule has 0 aliphatic carbocycles. The second kappa shape index (κ2) is 5.36. The number of alkyl halides is 3. The molecule has 0 aromatic heterocycles. The first kappa shape index (κ1) is 15.1. The zero-order valence-electron chi connectivity index (χ0n) is 8.83. The van der Waals surface area contributed by atoms with Gasteiger partial charge in [-0.2, -0.15) is 13.2 Å². The summed E-state index contributed by atoms with van der Waals surface area (Å²) in [7, 11) is 0. The average Bonchev–Trinajstić information content (AvgIpc) is 2.27. The summed E-state index contributed by atoms with van der Waals surface area (Å²) >= 11 is 0. The van der Waals surface area contributed by atoms with Crippen LogP contribution in [0.25, 0.3) is 0 Å². The normalized spacial score (nSPS) is 37.4. The van der Waals surface area contributed by atoms with Crippen LogP contribution in [0.15, 0.2) is 0 Å². The van der Waals surface area contributed by atoms with E-state index in [1.54, 1.807) is 0 Å². The third kappa shape index (κ3) is 3.09. The molecule has 0 spiro atoms. The van der Waals surface area contributed by atoms with Gasteiger partial charge >= 0.3 is 12.1 Å². The molecule has 1 fully saturated rings. The first-order valence-corrected chi connectivity index (χ1v) is 4.86. The molecule has 0 aromatic carbocycles. The van der Waals surface area contributed by atoms with Gasteiger partial charge in [-0.3, -0.25) is 4.79 Å². The maximum atomic E-state index is 12.0. The summed E-state index contributed by atoms with van der Waals surface area (Å²) < 4.78 is 40.5. The van der Waals surface area contributed by atoms with Gasteiger partial charge in [-0.15, -0.1) is 0 Å². The molecular weight excluding hydrogens is 263 g/mol. The molecule has 1 amide bonds. The summed E-state index contributed by atoms with van der Waals surface area (Å²) in [4.78, 5) is 10.6. The fraction of sp³-hybridized carbons (Fsp3) is 0.875. The molecule has 7 nitrogen and oxygen atoms in total. The Balaban J connectivity index is 2.74. The first-order valence-electron chi connectivity index (χ1n) is 4.86. The molecule has 0 radical (unpaired) electrons. The molecule has 3 unspecified atom stereocenters. The Morgan fingerprint density at radius 2 is 1.78 bits per heavy atom. The lowest BCUT2D eigenvalue weighted by Gasteiger charge is -2.40. The Morgan fingerprint density at radius 3 is 2.22 bits per heavy atom. The van der Waals surface area contributed by atoms with Gasteiger partial charge in [-0.25, -0.2) is 0 Å². The van der Waals surface area contributed by atoms with Gasteiger partial charge in [0.15, 0.2) is 6.29 Å². The minimum absolute atomic E-state index is 0.755. The second-order valence-electron chi connectivity index (χ2n) is 3.73. The maximum absolute atomic E-state index is 12.0. The Hall–Kier alpha value is -0.940. The van der Waals surface area contributed by atoms with Crippen molar-refractivity contribution in [1.29, 1.82) is 0 Å². The Labute approximate surface area is 98.8 Å². The van der Waals surface area contributed by atoms with Crippen LogP contribution >= 0.6 is 0 Å². The Morgan fingerprint density at radius 1 is 1.22 bits per heavy atom. The minimum atomic E-state index is -5.20. The summed E-state index contributed by atoms with van der Waals surface area (Å²) in [5.74, 6) is -2.39. The van der Waals surface area contributed by atoms with Crippen LogP contribution in [-0.2, 0) is 9.53 Å². The number of halogens is 3. The van der Waals surface area contributed by atoms with Crippen LogP contribution in [0.5, 0.6) is 0 Å². The smallest absolute Gasteiger partial charge is 0.394 e. The predicted molar refractivity (Wildman–Crippen MR) is 48.0 cm³/mol. The zero-order chi connectivity index (χ0) is 14.1. The molecule has 1 rings (SSSR count). The third-order valence-corrected chi connectivity index (χ3v) is 2.46. The fourth-order valence-corrected chi connectivity index (χ4v) is 1.49. The van der Waals surface area contributed by atoms with Gasteiger partial charge < -0.3 is 30.5 Å². The number of carbonyl (C=O) groups excluding carboxylic acids is 1. The van der Waals surface area contributed by atoms with Crippen LogP contribution in [0.4, 0.5) is 13.2 Å². The van der Waals surface area contributed by atoms with Gasteiger partial charge in [0.1, 0.15) is 24.4 Å². The number of ether oxygens (including phenoxy) is 1. The van der Waals surface area contributed by atoms with Gasteiger partial charge in [0.25, 0.3) is 0 Å². The van der Waals surface area contributed by atoms with Crippen molar-refractivity contribution in [1.82, 2.24) is 5.32 Å². The fourth-order valence-electron chi connectivity index (χ4n) is 1.49. The van der Waals surface area contributed by atoms with E-state index in [1.165, 1.54) is 5.32 Å². The standard InChI is InChI=1S/C8H12F3NO6/c9-8(10,11)7(17)12-3-5(15)4(14)2(1-13)18-6(3)16/h2-6,13-16H,1H2,(H,12,17)/t2?,3?,4-,5-,6?/m1/s1. The Bertz CT molecular complexity index is 312. The minimum Gasteiger partial charge on any atom is -0.394 e. The summed E-state index contributed by atoms with van der Waals surface area (Å²) in [5.41, 5.74) is 0. The number of nitrogens with one attached hydrogen (secondary N) is 1. The molecule has 1 aliphatic heterocycles. The van der Waals surface area contributed by atoms with Crippen LogP contribution < -0.4 is 5.32 Å². The van der Waals surface area contributed by atoms with E-state index in [0.717, 1.165) is 0 Å². The summed E-state index contributed by atoms with van der Waals surface area (Å²) in [5, 5.41) is 38.1. The predicted octanol–water partition coefficient (Wildman–Crippen LogP) is -2.54. The number of carbonyl (C=O) groups is 1. The molecule has 0 bridgehead atoms. The van der Waals surface area contributed by atoms with E-state index in [1.807, 2.05) is 0 Å². The molecule has 1 saturated heterocycles. The lowest BCUT2D eigenvalue weighted by Crippen LogP contribution is -2.65. The van der Waals surface area contributed by atoms with Crippen molar-refractivity contribution in [3.8, 4) is 0 Å². The lowest BCUT2D eigenvalue weighted by molar-refractivity contribution is -0.256. The second-order valence-corrected chi connectivity index (χ2v) is 3.73. The number of hydrogen-bond donors (Lipinski definition) is 5. The third-order valence-electron chi connectivity index (χ3n) is 2.46. The average molecular weight is 275 g/mol. The Kier molecular flexibility index (Phi) is 4.50. The number of aliphatic hydroxyl groups is 4. The molecule has 0 aromatic rings. The van der Waals surface area contributed by atoms with E-state index in [4.69, 9.17) is 5.11 Å². The highest BCUT2D eigenvalue weighted by Gasteiger charge is 2.48. The number of hydrogen-bond acceptors (Lipinski definition) is 6. The lowest BCUT2D eigenvalue weighted by atomic mass is 9.97. The van der Waals surface area contributed by atoms with Crippen LogP contribution in [0.3, 0.4) is 0 Å². The highest BCUT2D eigenvalue weighted by Crippen LogP contribution is 2.21. The molecule has 106 valence electrons. The van der Waals surface area contributed by atoms with E-state index < -0.39 is 49.3 Å². The highest BCUT2D eigenvalue weighted by atomic mass is 19.4. The van der Waals surface area contributed by atoms with Crippen molar-refractivity contribution in [3.05, 3.63) is 0 Å². The van der Waals surface area contributed by atoms with Crippen molar-refractivity contribution >= 4 is 5.91 Å². The number of rotatable bonds is 2. The van der Waals surface area contributed by atoms with Crippen LogP contribution in [0, 0.1) is 0 Å². The van der Waals surface area contributed by atoms with Crippen molar-refractivity contribution in [2.75, 3.05) is 6.61 Å². The van der Waals surface area contributed by atoms with Crippen molar-refractivity contribution in [2.45, 2.75) is 36.8 Å². The van der Waals surface area contributed by atoms with Gasteiger partial charge in [-0.05, 0) is 0 Å². The zero-order valence-corrected chi connectivity index (χ0v) is 8.83. The van der Waals surface area contributed by atoms with E-state index in [2.05, 4.69) is 4.74 Å². The molecule has 1 heterocycles. The molecule has 18 heavy (non-hydrogen) atoms. The quantitative estimate of drug-likeness (QED) is 0.379. The first-order chi connectivity index (χ1) is 8.18. The highest BCUT2D eigenvalue weighted by molar-refractivity contribution is 5.82.